The number of anilines is 1. The third-order valence-corrected chi connectivity index (χ3v) is 4.35. The highest BCUT2D eigenvalue weighted by Gasteiger charge is 2.23. The van der Waals surface area contributed by atoms with Gasteiger partial charge in [-0.15, -0.1) is 0 Å². The second kappa shape index (κ2) is 4.95. The number of carbonyl (C=O) groups is 1. The quantitative estimate of drug-likeness (QED) is 0.842. The summed E-state index contributed by atoms with van der Waals surface area (Å²) in [7, 11) is 2.76. The third-order valence-electron chi connectivity index (χ3n) is 2.48. The van der Waals surface area contributed by atoms with E-state index in [0.717, 1.165) is 4.31 Å². The van der Waals surface area contributed by atoms with E-state index in [2.05, 4.69) is 0 Å². The van der Waals surface area contributed by atoms with Crippen molar-refractivity contribution >= 4 is 21.6 Å². The predicted molar refractivity (Wildman–Crippen MR) is 70.2 cm³/mol. The van der Waals surface area contributed by atoms with Gasteiger partial charge in [-0.3, -0.25) is 4.79 Å². The molecule has 0 atom stereocenters. The highest BCUT2D eigenvalue weighted by molar-refractivity contribution is 7.89. The zero-order chi connectivity index (χ0) is 14.1. The minimum atomic E-state index is -3.56. The molecule has 100 valence electrons. The van der Waals surface area contributed by atoms with Gasteiger partial charge in [-0.1, -0.05) is 0 Å². The Morgan fingerprint density at radius 3 is 2.11 bits per heavy atom. The Kier molecular flexibility index (Phi) is 3.98. The fourth-order valence-corrected chi connectivity index (χ4v) is 2.57. The summed E-state index contributed by atoms with van der Waals surface area (Å²) in [5.74, 6) is -0.591. The Morgan fingerprint density at radius 1 is 1.17 bits per heavy atom. The summed E-state index contributed by atoms with van der Waals surface area (Å²) in [6.07, 6.45) is 0. The van der Waals surface area contributed by atoms with Crippen LogP contribution in [-0.4, -0.2) is 46.8 Å². The maximum atomic E-state index is 12.1. The molecule has 0 heterocycles. The molecule has 0 spiro atoms. The number of amides is 1. The molecule has 0 aromatic heterocycles. The molecule has 0 radical (unpaired) electrons. The Morgan fingerprint density at radius 2 is 1.72 bits per heavy atom. The summed E-state index contributed by atoms with van der Waals surface area (Å²) in [5.41, 5.74) is 5.89. The van der Waals surface area contributed by atoms with E-state index in [1.165, 1.54) is 32.3 Å². The molecule has 18 heavy (non-hydrogen) atoms. The number of nitrogens with zero attached hydrogens (tertiary/aromatic N) is 2. The van der Waals surface area contributed by atoms with E-state index < -0.39 is 15.9 Å². The van der Waals surface area contributed by atoms with Crippen LogP contribution < -0.4 is 10.6 Å². The second-order valence-electron chi connectivity index (χ2n) is 4.23. The van der Waals surface area contributed by atoms with Gasteiger partial charge in [0.1, 0.15) is 4.90 Å². The molecule has 7 heteroatoms. The van der Waals surface area contributed by atoms with Crippen molar-refractivity contribution in [3.05, 3.63) is 23.8 Å². The second-order valence-corrected chi connectivity index (χ2v) is 6.35. The lowest BCUT2D eigenvalue weighted by Crippen LogP contribution is -2.25. The summed E-state index contributed by atoms with van der Waals surface area (Å²) in [6, 6.07) is 4.27. The molecule has 1 rings (SSSR count). The molecule has 1 aromatic rings. The van der Waals surface area contributed by atoms with Gasteiger partial charge in [0.25, 0.3) is 0 Å². The number of nitrogens with two attached hydrogens (primary N) is 1. The van der Waals surface area contributed by atoms with Crippen molar-refractivity contribution in [3.8, 4) is 0 Å². The normalized spacial score (nSPS) is 11.6. The molecule has 0 fully saturated rings. The summed E-state index contributed by atoms with van der Waals surface area (Å²) in [5, 5.41) is 0. The van der Waals surface area contributed by atoms with Gasteiger partial charge in [0, 0.05) is 33.8 Å². The molecule has 0 aliphatic heterocycles. The number of hydrogen-bond acceptors (Lipinski definition) is 4. The fourth-order valence-electron chi connectivity index (χ4n) is 1.43. The highest BCUT2D eigenvalue weighted by Crippen LogP contribution is 2.26. The first-order valence-electron chi connectivity index (χ1n) is 5.21. The molecule has 0 unspecified atom stereocenters. The standard InChI is InChI=1S/C11H17N3O3S/c1-13(2)9-7-8(11(12)15)5-6-10(9)18(16,17)14(3)4/h5-7H,1-4H3,(H2,12,15). The van der Waals surface area contributed by atoms with Crippen molar-refractivity contribution < 1.29 is 13.2 Å². The van der Waals surface area contributed by atoms with Crippen LogP contribution >= 0.6 is 0 Å². The Balaban J connectivity index is 3.52. The summed E-state index contributed by atoms with van der Waals surface area (Å²) >= 11 is 0. The highest BCUT2D eigenvalue weighted by atomic mass is 32.2. The molecule has 0 bridgehead atoms. The van der Waals surface area contributed by atoms with E-state index >= 15 is 0 Å². The average Bonchev–Trinajstić information content (AvgIpc) is 2.27. The van der Waals surface area contributed by atoms with Gasteiger partial charge in [0.2, 0.25) is 15.9 Å². The molecular weight excluding hydrogens is 254 g/mol. The molecule has 2 N–H and O–H groups in total. The van der Waals surface area contributed by atoms with E-state index in [-0.39, 0.29) is 10.5 Å². The molecule has 6 nitrogen and oxygen atoms in total. The van der Waals surface area contributed by atoms with Crippen molar-refractivity contribution in [1.29, 1.82) is 0 Å². The van der Waals surface area contributed by atoms with Crippen molar-refractivity contribution in [3.63, 3.8) is 0 Å². The van der Waals surface area contributed by atoms with Crippen LogP contribution in [0, 0.1) is 0 Å². The number of benzene rings is 1. The van der Waals surface area contributed by atoms with Crippen LogP contribution in [0.3, 0.4) is 0 Å². The maximum Gasteiger partial charge on any atom is 0.248 e. The zero-order valence-corrected chi connectivity index (χ0v) is 11.7. The topological polar surface area (TPSA) is 83.7 Å². The maximum absolute atomic E-state index is 12.1. The van der Waals surface area contributed by atoms with Gasteiger partial charge in [-0.05, 0) is 18.2 Å². The number of hydrogen-bond donors (Lipinski definition) is 1. The lowest BCUT2D eigenvalue weighted by atomic mass is 10.2. The van der Waals surface area contributed by atoms with Gasteiger partial charge in [0.05, 0.1) is 5.69 Å². The lowest BCUT2D eigenvalue weighted by molar-refractivity contribution is 0.1000. The number of carbonyl (C=O) groups excluding carboxylic acids is 1. The van der Waals surface area contributed by atoms with Gasteiger partial charge in [-0.25, -0.2) is 12.7 Å². The summed E-state index contributed by atoms with van der Waals surface area (Å²) < 4.78 is 25.4. The molecule has 0 aliphatic rings. The Labute approximate surface area is 107 Å². The van der Waals surface area contributed by atoms with Gasteiger partial charge in [0.15, 0.2) is 0 Å². The van der Waals surface area contributed by atoms with Crippen LogP contribution in [0.5, 0.6) is 0 Å². The molecule has 0 saturated heterocycles. The van der Waals surface area contributed by atoms with Crippen molar-refractivity contribution in [2.75, 3.05) is 33.1 Å². The van der Waals surface area contributed by atoms with E-state index in [0.29, 0.717) is 5.69 Å². The van der Waals surface area contributed by atoms with Crippen LogP contribution in [0.4, 0.5) is 5.69 Å². The van der Waals surface area contributed by atoms with Crippen LogP contribution in [0.1, 0.15) is 10.4 Å². The Bertz CT molecular complexity index is 565. The zero-order valence-electron chi connectivity index (χ0n) is 10.8. The largest absolute Gasteiger partial charge is 0.377 e. The van der Waals surface area contributed by atoms with Crippen molar-refractivity contribution in [2.45, 2.75) is 4.90 Å². The summed E-state index contributed by atoms with van der Waals surface area (Å²) in [4.78, 5) is 12.9. The monoisotopic (exact) mass is 271 g/mol. The van der Waals surface area contributed by atoms with Crippen LogP contribution in [0.15, 0.2) is 23.1 Å². The minimum absolute atomic E-state index is 0.141. The van der Waals surface area contributed by atoms with Crippen molar-refractivity contribution in [2.24, 2.45) is 5.73 Å². The first kappa shape index (κ1) is 14.5. The van der Waals surface area contributed by atoms with E-state index in [1.54, 1.807) is 19.0 Å². The minimum Gasteiger partial charge on any atom is -0.377 e. The van der Waals surface area contributed by atoms with Crippen LogP contribution in [-0.2, 0) is 10.0 Å². The lowest BCUT2D eigenvalue weighted by Gasteiger charge is -2.20. The molecule has 1 amide bonds. The first-order chi connectivity index (χ1) is 8.17. The van der Waals surface area contributed by atoms with E-state index in [4.69, 9.17) is 5.73 Å². The Hall–Kier alpha value is -1.60. The van der Waals surface area contributed by atoms with Gasteiger partial charge >= 0.3 is 0 Å². The SMILES string of the molecule is CN(C)c1cc(C(N)=O)ccc1S(=O)(=O)N(C)C. The number of sulfonamides is 1. The van der Waals surface area contributed by atoms with Crippen molar-refractivity contribution in [1.82, 2.24) is 4.31 Å². The fraction of sp³-hybridized carbons (Fsp3) is 0.364. The van der Waals surface area contributed by atoms with Gasteiger partial charge < -0.3 is 10.6 Å². The molecule has 1 aromatic carbocycles. The molecular formula is C11H17N3O3S. The first-order valence-corrected chi connectivity index (χ1v) is 6.65. The average molecular weight is 271 g/mol. The third kappa shape index (κ3) is 2.62. The predicted octanol–water partition coefficient (Wildman–Crippen LogP) is 0.102. The summed E-state index contributed by atoms with van der Waals surface area (Å²) in [6.45, 7) is 0. The number of primary amides is 1. The smallest absolute Gasteiger partial charge is 0.248 e. The van der Waals surface area contributed by atoms with E-state index in [9.17, 15) is 13.2 Å². The molecule has 0 saturated carbocycles. The van der Waals surface area contributed by atoms with E-state index in [1.807, 2.05) is 0 Å². The molecule has 0 aliphatic carbocycles. The number of rotatable bonds is 4. The van der Waals surface area contributed by atoms with Gasteiger partial charge in [-0.2, -0.15) is 0 Å². The van der Waals surface area contributed by atoms with Crippen LogP contribution in [0.25, 0.3) is 0 Å². The van der Waals surface area contributed by atoms with Crippen LogP contribution in [0.2, 0.25) is 0 Å².